The Labute approximate surface area is 74.8 Å². The van der Waals surface area contributed by atoms with E-state index in [-0.39, 0.29) is 15.6 Å². The van der Waals surface area contributed by atoms with E-state index in [9.17, 15) is 10.1 Å². The molecule has 1 aromatic rings. The molecule has 7 heteroatoms. The largest absolute Gasteiger partial charge is 0.427 e. The zero-order valence-electron chi connectivity index (χ0n) is 5.69. The highest BCUT2D eigenvalue weighted by Gasteiger charge is 2.09. The van der Waals surface area contributed by atoms with Crippen molar-refractivity contribution in [3.05, 3.63) is 32.3 Å². The molecule has 0 amide bonds. The van der Waals surface area contributed by atoms with Gasteiger partial charge in [0.25, 0.3) is 5.69 Å². The lowest BCUT2D eigenvalue weighted by molar-refractivity contribution is -0.385. The number of hydrogen-bond acceptors (Lipinski definition) is 4. The van der Waals surface area contributed by atoms with Crippen molar-refractivity contribution in [3.8, 4) is 0 Å². The average molecular weight is 234 g/mol. The smallest absolute Gasteiger partial charge is 0.290 e. The third-order valence-electron chi connectivity index (χ3n) is 1.20. The summed E-state index contributed by atoms with van der Waals surface area (Å²) in [6.07, 6.45) is 0.854. The van der Waals surface area contributed by atoms with Gasteiger partial charge in [-0.1, -0.05) is 0 Å². The van der Waals surface area contributed by atoms with Crippen molar-refractivity contribution in [1.29, 1.82) is 5.41 Å². The number of rotatable bonds is 1. The first-order valence-corrected chi connectivity index (χ1v) is 3.62. The maximum Gasteiger partial charge on any atom is 0.290 e. The van der Waals surface area contributed by atoms with Crippen LogP contribution >= 0.6 is 15.9 Å². The van der Waals surface area contributed by atoms with Crippen molar-refractivity contribution in [3.63, 3.8) is 0 Å². The molecule has 0 aliphatic rings. The van der Waals surface area contributed by atoms with E-state index >= 15 is 0 Å². The second kappa shape index (κ2) is 2.94. The Morgan fingerprint density at radius 1 is 1.75 bits per heavy atom. The lowest BCUT2D eigenvalue weighted by atomic mass is 10.4. The van der Waals surface area contributed by atoms with E-state index in [2.05, 4.69) is 15.9 Å². The van der Waals surface area contributed by atoms with E-state index in [1.165, 1.54) is 0 Å². The fourth-order valence-corrected chi connectivity index (χ4v) is 1.05. The van der Waals surface area contributed by atoms with E-state index in [0.29, 0.717) is 4.73 Å². The molecule has 0 saturated heterocycles. The molecular formula is C5H4BrN3O3. The van der Waals surface area contributed by atoms with Crippen molar-refractivity contribution in [2.75, 3.05) is 0 Å². The molecule has 2 N–H and O–H groups in total. The summed E-state index contributed by atoms with van der Waals surface area (Å²) in [5.74, 6) is 0. The highest BCUT2D eigenvalue weighted by molar-refractivity contribution is 9.10. The van der Waals surface area contributed by atoms with Gasteiger partial charge in [-0.3, -0.25) is 15.5 Å². The predicted octanol–water partition coefficient (Wildman–Crippen LogP) is 0.876. The summed E-state index contributed by atoms with van der Waals surface area (Å²) in [7, 11) is 0. The van der Waals surface area contributed by atoms with Crippen LogP contribution in [0, 0.1) is 15.5 Å². The summed E-state index contributed by atoms with van der Waals surface area (Å²) in [6, 6.07) is 1.15. The first kappa shape index (κ1) is 8.72. The number of aromatic nitrogens is 1. The monoisotopic (exact) mass is 233 g/mol. The Morgan fingerprint density at radius 3 is 2.75 bits per heavy atom. The topological polar surface area (TPSA) is 92.1 Å². The normalized spacial score (nSPS) is 9.75. The molecule has 0 atom stereocenters. The molecule has 0 radical (unpaired) electrons. The molecule has 0 saturated carbocycles. The Hall–Kier alpha value is -1.37. The van der Waals surface area contributed by atoms with Crippen LogP contribution in [0.1, 0.15) is 0 Å². The summed E-state index contributed by atoms with van der Waals surface area (Å²) < 4.78 is 0.543. The van der Waals surface area contributed by atoms with Gasteiger partial charge < -0.3 is 5.21 Å². The van der Waals surface area contributed by atoms with Gasteiger partial charge in [0.1, 0.15) is 6.20 Å². The lowest BCUT2D eigenvalue weighted by Gasteiger charge is -1.98. The average Bonchev–Trinajstić information content (AvgIpc) is 1.99. The van der Waals surface area contributed by atoms with Crippen LogP contribution in [0.5, 0.6) is 0 Å². The number of hydrogen-bond donors (Lipinski definition) is 2. The molecule has 1 heterocycles. The second-order valence-corrected chi connectivity index (χ2v) is 2.85. The van der Waals surface area contributed by atoms with Crippen LogP contribution in [0.3, 0.4) is 0 Å². The third-order valence-corrected chi connectivity index (χ3v) is 1.80. The van der Waals surface area contributed by atoms with E-state index in [1.807, 2.05) is 0 Å². The minimum absolute atomic E-state index is 0.166. The van der Waals surface area contributed by atoms with Crippen LogP contribution in [0.15, 0.2) is 16.7 Å². The summed E-state index contributed by atoms with van der Waals surface area (Å²) in [5.41, 5.74) is -0.513. The fraction of sp³-hybridized carbons (Fsp3) is 0. The van der Waals surface area contributed by atoms with E-state index < -0.39 is 4.92 Å². The first-order valence-electron chi connectivity index (χ1n) is 2.83. The van der Waals surface area contributed by atoms with Crippen molar-refractivity contribution in [2.45, 2.75) is 0 Å². The van der Waals surface area contributed by atoms with Gasteiger partial charge in [0.2, 0.25) is 0 Å². The second-order valence-electron chi connectivity index (χ2n) is 2.00. The van der Waals surface area contributed by atoms with Gasteiger partial charge in [-0.2, -0.15) is 4.73 Å². The van der Waals surface area contributed by atoms with Crippen LogP contribution < -0.4 is 5.49 Å². The van der Waals surface area contributed by atoms with Gasteiger partial charge in [-0.05, 0) is 15.9 Å². The Balaban J connectivity index is 3.41. The number of nitrogens with one attached hydrogen (secondary N) is 1. The fourth-order valence-electron chi connectivity index (χ4n) is 0.635. The van der Waals surface area contributed by atoms with Gasteiger partial charge in [0.05, 0.1) is 9.40 Å². The van der Waals surface area contributed by atoms with Crippen molar-refractivity contribution in [1.82, 2.24) is 4.73 Å². The molecule has 6 nitrogen and oxygen atoms in total. The number of nitrogens with zero attached hydrogens (tertiary/aromatic N) is 2. The van der Waals surface area contributed by atoms with Gasteiger partial charge in [0.15, 0.2) is 5.49 Å². The molecule has 1 aromatic heterocycles. The maximum atomic E-state index is 10.2. The molecule has 1 rings (SSSR count). The summed E-state index contributed by atoms with van der Waals surface area (Å²) >= 11 is 2.89. The molecule has 12 heavy (non-hydrogen) atoms. The van der Waals surface area contributed by atoms with Crippen LogP contribution in [0.25, 0.3) is 0 Å². The first-order chi connectivity index (χ1) is 5.52. The highest BCUT2D eigenvalue weighted by Crippen LogP contribution is 2.12. The number of halogens is 1. The lowest BCUT2D eigenvalue weighted by Crippen LogP contribution is -2.18. The van der Waals surface area contributed by atoms with E-state index in [0.717, 1.165) is 12.3 Å². The standard InChI is InChI=1S/C5H4BrN3O3/c6-4-1-3(9(11)12)2-8(10)5(4)7/h1-2,7,10H. The predicted molar refractivity (Wildman–Crippen MR) is 41.8 cm³/mol. The SMILES string of the molecule is N=c1c(Br)cc([N+](=O)[O-])cn1O. The highest BCUT2D eigenvalue weighted by atomic mass is 79.9. The van der Waals surface area contributed by atoms with Crippen LogP contribution in [0.2, 0.25) is 0 Å². The summed E-state index contributed by atoms with van der Waals surface area (Å²) in [6.45, 7) is 0. The van der Waals surface area contributed by atoms with Gasteiger partial charge in [0, 0.05) is 6.07 Å². The van der Waals surface area contributed by atoms with E-state index in [4.69, 9.17) is 10.6 Å². The molecular weight excluding hydrogens is 230 g/mol. The summed E-state index contributed by atoms with van der Waals surface area (Å²) in [4.78, 5) is 9.56. The van der Waals surface area contributed by atoms with E-state index in [1.54, 1.807) is 0 Å². The summed E-state index contributed by atoms with van der Waals surface area (Å²) in [5, 5.41) is 26.3. The Kier molecular flexibility index (Phi) is 2.13. The minimum Gasteiger partial charge on any atom is -0.427 e. The van der Waals surface area contributed by atoms with Crippen LogP contribution in [0.4, 0.5) is 5.69 Å². The molecule has 0 unspecified atom stereocenters. The van der Waals surface area contributed by atoms with Gasteiger partial charge in [-0.15, -0.1) is 0 Å². The van der Waals surface area contributed by atoms with Crippen LogP contribution in [-0.2, 0) is 0 Å². The zero-order chi connectivity index (χ0) is 9.30. The van der Waals surface area contributed by atoms with Gasteiger partial charge >= 0.3 is 0 Å². The molecule has 0 fully saturated rings. The molecule has 0 aromatic carbocycles. The van der Waals surface area contributed by atoms with Gasteiger partial charge in [-0.25, -0.2) is 0 Å². The Bertz CT molecular complexity index is 360. The molecule has 64 valence electrons. The van der Waals surface area contributed by atoms with Crippen molar-refractivity contribution in [2.24, 2.45) is 0 Å². The molecule has 0 aliphatic carbocycles. The van der Waals surface area contributed by atoms with Crippen LogP contribution in [-0.4, -0.2) is 14.9 Å². The van der Waals surface area contributed by atoms with Crippen molar-refractivity contribution >= 4 is 21.6 Å². The maximum absolute atomic E-state index is 10.2. The van der Waals surface area contributed by atoms with Crippen molar-refractivity contribution < 1.29 is 10.1 Å². The zero-order valence-corrected chi connectivity index (χ0v) is 7.28. The molecule has 0 spiro atoms. The molecule has 0 aliphatic heterocycles. The third kappa shape index (κ3) is 1.45. The quantitative estimate of drug-likeness (QED) is 0.429. The number of nitro groups is 1. The Morgan fingerprint density at radius 2 is 2.33 bits per heavy atom. The minimum atomic E-state index is -0.656. The number of pyridine rings is 1. The molecule has 0 bridgehead atoms.